The van der Waals surface area contributed by atoms with E-state index in [0.29, 0.717) is 4.90 Å². The number of thioether (sulfide) groups is 1. The van der Waals surface area contributed by atoms with Gasteiger partial charge in [0.15, 0.2) is 11.6 Å². The first kappa shape index (κ1) is 22.2. The number of Topliss-reactive ketones (excluding diaryl/α,β-unsaturated/α-hetero) is 1. The second-order valence-corrected chi connectivity index (χ2v) is 8.69. The Kier molecular flexibility index (Phi) is 7.00. The van der Waals surface area contributed by atoms with Crippen LogP contribution in [0.5, 0.6) is 0 Å². The molecule has 1 saturated carbocycles. The predicted molar refractivity (Wildman–Crippen MR) is 128 cm³/mol. The maximum Gasteiger partial charge on any atom is 0.165 e. The van der Waals surface area contributed by atoms with Gasteiger partial charge in [-0.1, -0.05) is 49.2 Å². The predicted octanol–water partition coefficient (Wildman–Crippen LogP) is 7.50. The standard InChI is InChI=1S/C26H24F2N2OS/c1-32-24-15-21(27)14-23(28)25(24)30-16-29-22-12-10-18(11-13-22)17-6-8-20(9-7-17)26(31)19-4-2-3-5-19/h6-16,19H,2-5H2,1H3,(H,29,30). The number of ketones is 1. The first-order valence-corrected chi connectivity index (χ1v) is 11.8. The normalized spacial score (nSPS) is 14.2. The number of benzene rings is 3. The van der Waals surface area contributed by atoms with E-state index in [-0.39, 0.29) is 17.4 Å². The number of rotatable bonds is 7. The lowest BCUT2D eigenvalue weighted by molar-refractivity contribution is 0.0923. The van der Waals surface area contributed by atoms with Crippen LogP contribution in [-0.2, 0) is 0 Å². The first-order chi connectivity index (χ1) is 15.5. The van der Waals surface area contributed by atoms with Crippen molar-refractivity contribution in [1.29, 1.82) is 0 Å². The molecule has 1 N–H and O–H groups in total. The van der Waals surface area contributed by atoms with Gasteiger partial charge < -0.3 is 5.32 Å². The van der Waals surface area contributed by atoms with Crippen molar-refractivity contribution in [1.82, 2.24) is 0 Å². The van der Waals surface area contributed by atoms with Crippen LogP contribution in [0.2, 0.25) is 0 Å². The molecule has 32 heavy (non-hydrogen) atoms. The van der Waals surface area contributed by atoms with Crippen molar-refractivity contribution >= 4 is 35.3 Å². The topological polar surface area (TPSA) is 41.5 Å². The number of nitrogens with one attached hydrogen (secondary N) is 1. The summed E-state index contributed by atoms with van der Waals surface area (Å²) < 4.78 is 27.4. The zero-order chi connectivity index (χ0) is 22.5. The lowest BCUT2D eigenvalue weighted by Gasteiger charge is -2.09. The molecule has 0 aromatic heterocycles. The molecule has 0 heterocycles. The lowest BCUT2D eigenvalue weighted by Crippen LogP contribution is -2.10. The highest BCUT2D eigenvalue weighted by Gasteiger charge is 2.23. The summed E-state index contributed by atoms with van der Waals surface area (Å²) in [6, 6.07) is 17.6. The fourth-order valence-electron chi connectivity index (χ4n) is 4.00. The molecule has 1 aliphatic carbocycles. The molecular formula is C26H24F2N2OS. The van der Waals surface area contributed by atoms with Crippen molar-refractivity contribution in [3.63, 3.8) is 0 Å². The molecule has 0 spiro atoms. The van der Waals surface area contributed by atoms with Gasteiger partial charge in [0.2, 0.25) is 0 Å². The average molecular weight is 451 g/mol. The summed E-state index contributed by atoms with van der Waals surface area (Å²) in [6.45, 7) is 0. The molecule has 3 aromatic carbocycles. The Bertz CT molecular complexity index is 1120. The molecule has 0 atom stereocenters. The monoisotopic (exact) mass is 450 g/mol. The molecule has 4 rings (SSSR count). The van der Waals surface area contributed by atoms with Crippen molar-refractivity contribution in [3.8, 4) is 11.1 Å². The van der Waals surface area contributed by atoms with Crippen LogP contribution in [0, 0.1) is 17.6 Å². The fraction of sp³-hybridized carbons (Fsp3) is 0.231. The van der Waals surface area contributed by atoms with Crippen molar-refractivity contribution in [2.75, 3.05) is 11.6 Å². The van der Waals surface area contributed by atoms with E-state index in [1.165, 1.54) is 24.2 Å². The zero-order valence-corrected chi connectivity index (χ0v) is 18.6. The van der Waals surface area contributed by atoms with Gasteiger partial charge in [0, 0.05) is 28.1 Å². The van der Waals surface area contributed by atoms with Crippen LogP contribution >= 0.6 is 11.8 Å². The largest absolute Gasteiger partial charge is 0.346 e. The Hall–Kier alpha value is -2.99. The third-order valence-electron chi connectivity index (χ3n) is 5.75. The van der Waals surface area contributed by atoms with E-state index in [1.54, 1.807) is 6.26 Å². The average Bonchev–Trinajstić information content (AvgIpc) is 3.35. The molecule has 0 amide bonds. The zero-order valence-electron chi connectivity index (χ0n) is 17.8. The van der Waals surface area contributed by atoms with Crippen LogP contribution < -0.4 is 5.32 Å². The Morgan fingerprint density at radius 3 is 2.25 bits per heavy atom. The van der Waals surface area contributed by atoms with Crippen LogP contribution in [0.25, 0.3) is 11.1 Å². The molecule has 0 bridgehead atoms. The summed E-state index contributed by atoms with van der Waals surface area (Å²) in [6.07, 6.45) is 7.45. The maximum atomic E-state index is 14.0. The highest BCUT2D eigenvalue weighted by Crippen LogP contribution is 2.32. The van der Waals surface area contributed by atoms with Gasteiger partial charge in [0.05, 0.1) is 6.34 Å². The van der Waals surface area contributed by atoms with Crippen molar-refractivity contribution in [2.45, 2.75) is 30.6 Å². The van der Waals surface area contributed by atoms with Gasteiger partial charge >= 0.3 is 0 Å². The van der Waals surface area contributed by atoms with Gasteiger partial charge in [-0.15, -0.1) is 11.8 Å². The van der Waals surface area contributed by atoms with E-state index in [4.69, 9.17) is 0 Å². The number of carbonyl (C=O) groups excluding carboxylic acids is 1. The minimum absolute atomic E-state index is 0.107. The molecule has 0 unspecified atom stereocenters. The number of hydrogen-bond donors (Lipinski definition) is 1. The molecule has 0 saturated heterocycles. The minimum atomic E-state index is -0.697. The Labute approximate surface area is 191 Å². The molecule has 1 aliphatic rings. The molecule has 0 radical (unpaired) electrons. The smallest absolute Gasteiger partial charge is 0.165 e. The van der Waals surface area contributed by atoms with E-state index in [2.05, 4.69) is 10.3 Å². The highest BCUT2D eigenvalue weighted by atomic mass is 32.2. The third-order valence-corrected chi connectivity index (χ3v) is 6.50. The summed E-state index contributed by atoms with van der Waals surface area (Å²) >= 11 is 1.24. The number of carbonyl (C=O) groups is 1. The maximum absolute atomic E-state index is 14.0. The summed E-state index contributed by atoms with van der Waals surface area (Å²) in [7, 11) is 0. The first-order valence-electron chi connectivity index (χ1n) is 10.6. The second-order valence-electron chi connectivity index (χ2n) is 7.84. The van der Waals surface area contributed by atoms with Crippen LogP contribution in [0.4, 0.5) is 20.2 Å². The third kappa shape index (κ3) is 5.07. The van der Waals surface area contributed by atoms with E-state index in [0.717, 1.165) is 54.1 Å². The Morgan fingerprint density at radius 1 is 1.00 bits per heavy atom. The van der Waals surface area contributed by atoms with Gasteiger partial charge in [-0.05, 0) is 48.4 Å². The van der Waals surface area contributed by atoms with Crippen LogP contribution in [0.3, 0.4) is 0 Å². The summed E-state index contributed by atoms with van der Waals surface area (Å²) in [5.74, 6) is -0.874. The van der Waals surface area contributed by atoms with Gasteiger partial charge in [-0.25, -0.2) is 13.8 Å². The highest BCUT2D eigenvalue weighted by molar-refractivity contribution is 7.98. The van der Waals surface area contributed by atoms with Gasteiger partial charge in [0.1, 0.15) is 11.5 Å². The molecular weight excluding hydrogens is 426 g/mol. The summed E-state index contributed by atoms with van der Waals surface area (Å²) in [4.78, 5) is 17.1. The molecule has 164 valence electrons. The van der Waals surface area contributed by atoms with Gasteiger partial charge in [-0.2, -0.15) is 0 Å². The van der Waals surface area contributed by atoms with E-state index in [1.807, 2.05) is 48.5 Å². The number of aliphatic imine (C=N–C) groups is 1. The van der Waals surface area contributed by atoms with Crippen molar-refractivity contribution < 1.29 is 13.6 Å². The number of nitrogens with zero attached hydrogens (tertiary/aromatic N) is 1. The van der Waals surface area contributed by atoms with E-state index < -0.39 is 11.6 Å². The van der Waals surface area contributed by atoms with Crippen molar-refractivity contribution in [2.24, 2.45) is 10.9 Å². The second kappa shape index (κ2) is 10.1. The quantitative estimate of drug-likeness (QED) is 0.175. The Balaban J connectivity index is 1.41. The van der Waals surface area contributed by atoms with Crippen LogP contribution in [0.1, 0.15) is 36.0 Å². The molecule has 0 aliphatic heterocycles. The molecule has 3 nitrogen and oxygen atoms in total. The summed E-state index contributed by atoms with van der Waals surface area (Å²) in [5, 5.41) is 3.01. The molecule has 3 aromatic rings. The van der Waals surface area contributed by atoms with Crippen molar-refractivity contribution in [3.05, 3.63) is 77.9 Å². The van der Waals surface area contributed by atoms with Crippen LogP contribution in [-0.4, -0.2) is 18.4 Å². The lowest BCUT2D eigenvalue weighted by atomic mass is 9.94. The fourth-order valence-corrected chi connectivity index (χ4v) is 4.58. The Morgan fingerprint density at radius 2 is 1.62 bits per heavy atom. The molecule has 1 fully saturated rings. The SMILES string of the molecule is CSc1cc(F)cc(F)c1N=CNc1ccc(-c2ccc(C(=O)C3CCCC3)cc2)cc1. The van der Waals surface area contributed by atoms with E-state index in [9.17, 15) is 13.6 Å². The number of hydrogen-bond acceptors (Lipinski definition) is 3. The minimum Gasteiger partial charge on any atom is -0.346 e. The summed E-state index contributed by atoms with van der Waals surface area (Å²) in [5.41, 5.74) is 3.74. The number of halogens is 2. The van der Waals surface area contributed by atoms with Crippen LogP contribution in [0.15, 0.2) is 70.6 Å². The van der Waals surface area contributed by atoms with E-state index >= 15 is 0 Å². The molecule has 6 heteroatoms. The van der Waals surface area contributed by atoms with Gasteiger partial charge in [-0.3, -0.25) is 4.79 Å². The number of anilines is 1. The van der Waals surface area contributed by atoms with Gasteiger partial charge in [0.25, 0.3) is 0 Å².